The summed E-state index contributed by atoms with van der Waals surface area (Å²) in [6.07, 6.45) is -1.66. The predicted molar refractivity (Wildman–Crippen MR) is 51.6 cm³/mol. The predicted octanol–water partition coefficient (Wildman–Crippen LogP) is 2.80. The van der Waals surface area contributed by atoms with Crippen LogP contribution < -0.4 is 0 Å². The molecule has 0 saturated carbocycles. The topological polar surface area (TPSA) is 41.6 Å². The van der Waals surface area contributed by atoms with Crippen LogP contribution in [0.3, 0.4) is 0 Å². The second kappa shape index (κ2) is 3.62. The lowest BCUT2D eigenvalue weighted by atomic mass is 10.2. The van der Waals surface area contributed by atoms with Crippen LogP contribution in [-0.2, 0) is 6.18 Å². The van der Waals surface area contributed by atoms with Gasteiger partial charge in [0.1, 0.15) is 5.69 Å². The molecule has 0 aromatic carbocycles. The van der Waals surface area contributed by atoms with Crippen LogP contribution in [0.15, 0.2) is 24.5 Å². The maximum atomic E-state index is 12.7. The van der Waals surface area contributed by atoms with Gasteiger partial charge in [-0.15, -0.1) is 0 Å². The van der Waals surface area contributed by atoms with E-state index in [2.05, 4.69) is 15.0 Å². The number of hydrogen-bond donors (Lipinski definition) is 1. The van der Waals surface area contributed by atoms with Gasteiger partial charge in [0.25, 0.3) is 0 Å². The lowest BCUT2D eigenvalue weighted by Gasteiger charge is -2.09. The van der Waals surface area contributed by atoms with Crippen LogP contribution in [0.25, 0.3) is 11.5 Å². The SMILES string of the molecule is Cc1cnc(-c2ncccc2C(F)(F)F)[nH]1. The molecule has 0 unspecified atom stereocenters. The van der Waals surface area contributed by atoms with Gasteiger partial charge < -0.3 is 4.98 Å². The Morgan fingerprint density at radius 3 is 2.56 bits per heavy atom. The van der Waals surface area contributed by atoms with Crippen molar-refractivity contribution in [3.63, 3.8) is 0 Å². The minimum atomic E-state index is -4.43. The van der Waals surface area contributed by atoms with E-state index in [1.165, 1.54) is 18.5 Å². The lowest BCUT2D eigenvalue weighted by Crippen LogP contribution is -2.08. The maximum Gasteiger partial charge on any atom is 0.418 e. The third kappa shape index (κ3) is 1.91. The molecule has 0 saturated heterocycles. The first-order chi connectivity index (χ1) is 7.48. The number of aryl methyl sites for hydroxylation is 1. The third-order valence-electron chi connectivity index (χ3n) is 2.04. The fourth-order valence-corrected chi connectivity index (χ4v) is 1.36. The average molecular weight is 227 g/mol. The fourth-order valence-electron chi connectivity index (χ4n) is 1.36. The molecule has 16 heavy (non-hydrogen) atoms. The molecule has 0 amide bonds. The number of halogens is 3. The van der Waals surface area contributed by atoms with Gasteiger partial charge in [-0.2, -0.15) is 13.2 Å². The Bertz CT molecular complexity index is 502. The number of pyridine rings is 1. The third-order valence-corrected chi connectivity index (χ3v) is 2.04. The molecule has 2 aromatic rings. The summed E-state index contributed by atoms with van der Waals surface area (Å²) in [5, 5.41) is 0. The van der Waals surface area contributed by atoms with E-state index in [0.29, 0.717) is 5.69 Å². The Balaban J connectivity index is 2.57. The quantitative estimate of drug-likeness (QED) is 0.813. The van der Waals surface area contributed by atoms with E-state index in [1.807, 2.05) is 0 Å². The average Bonchev–Trinajstić information content (AvgIpc) is 2.64. The lowest BCUT2D eigenvalue weighted by molar-refractivity contribution is -0.137. The first-order valence-electron chi connectivity index (χ1n) is 4.52. The molecule has 6 heteroatoms. The monoisotopic (exact) mass is 227 g/mol. The molecule has 0 atom stereocenters. The summed E-state index contributed by atoms with van der Waals surface area (Å²) >= 11 is 0. The molecule has 2 heterocycles. The van der Waals surface area contributed by atoms with Crippen LogP contribution in [0.2, 0.25) is 0 Å². The number of nitrogens with zero attached hydrogens (tertiary/aromatic N) is 2. The van der Waals surface area contributed by atoms with Gasteiger partial charge >= 0.3 is 6.18 Å². The number of hydrogen-bond acceptors (Lipinski definition) is 2. The minimum Gasteiger partial charge on any atom is -0.341 e. The molecule has 2 rings (SSSR count). The van der Waals surface area contributed by atoms with Gasteiger partial charge in [-0.3, -0.25) is 4.98 Å². The van der Waals surface area contributed by atoms with Crippen LogP contribution in [-0.4, -0.2) is 15.0 Å². The smallest absolute Gasteiger partial charge is 0.341 e. The Labute approximate surface area is 89.4 Å². The number of imidazole rings is 1. The van der Waals surface area contributed by atoms with E-state index in [4.69, 9.17) is 0 Å². The normalized spacial score (nSPS) is 11.8. The second-order valence-electron chi connectivity index (χ2n) is 3.31. The van der Waals surface area contributed by atoms with Gasteiger partial charge in [0, 0.05) is 18.1 Å². The first-order valence-corrected chi connectivity index (χ1v) is 4.52. The zero-order chi connectivity index (χ0) is 11.8. The van der Waals surface area contributed by atoms with E-state index < -0.39 is 11.7 Å². The molecular weight excluding hydrogens is 219 g/mol. The summed E-state index contributed by atoms with van der Waals surface area (Å²) in [6.45, 7) is 1.71. The molecule has 0 bridgehead atoms. The highest BCUT2D eigenvalue weighted by Crippen LogP contribution is 2.34. The Morgan fingerprint density at radius 2 is 2.00 bits per heavy atom. The fraction of sp³-hybridized carbons (Fsp3) is 0.200. The van der Waals surface area contributed by atoms with Crippen LogP contribution in [0, 0.1) is 6.92 Å². The van der Waals surface area contributed by atoms with Gasteiger partial charge in [0.05, 0.1) is 5.56 Å². The maximum absolute atomic E-state index is 12.7. The molecule has 1 N–H and O–H groups in total. The molecule has 0 aliphatic rings. The van der Waals surface area contributed by atoms with Crippen LogP contribution in [0.5, 0.6) is 0 Å². The highest BCUT2D eigenvalue weighted by Gasteiger charge is 2.34. The van der Waals surface area contributed by atoms with Crippen LogP contribution in [0.1, 0.15) is 11.3 Å². The van der Waals surface area contributed by atoms with Gasteiger partial charge in [-0.1, -0.05) is 0 Å². The van der Waals surface area contributed by atoms with Crippen molar-refractivity contribution in [1.29, 1.82) is 0 Å². The zero-order valence-corrected chi connectivity index (χ0v) is 8.34. The Kier molecular flexibility index (Phi) is 2.41. The number of alkyl halides is 3. The minimum absolute atomic E-state index is 0.130. The van der Waals surface area contributed by atoms with Crippen molar-refractivity contribution in [3.05, 3.63) is 35.8 Å². The number of aromatic amines is 1. The van der Waals surface area contributed by atoms with Crippen molar-refractivity contribution in [1.82, 2.24) is 15.0 Å². The zero-order valence-electron chi connectivity index (χ0n) is 8.34. The highest BCUT2D eigenvalue weighted by molar-refractivity contribution is 5.55. The van der Waals surface area contributed by atoms with Crippen molar-refractivity contribution in [3.8, 4) is 11.5 Å². The molecule has 84 valence electrons. The van der Waals surface area contributed by atoms with Gasteiger partial charge in [-0.25, -0.2) is 4.98 Å². The van der Waals surface area contributed by atoms with Crippen molar-refractivity contribution in [2.45, 2.75) is 13.1 Å². The van der Waals surface area contributed by atoms with Gasteiger partial charge in [0.15, 0.2) is 5.82 Å². The van der Waals surface area contributed by atoms with Crippen molar-refractivity contribution in [2.75, 3.05) is 0 Å². The largest absolute Gasteiger partial charge is 0.418 e. The first kappa shape index (κ1) is 10.7. The molecule has 0 radical (unpaired) electrons. The van der Waals surface area contributed by atoms with Gasteiger partial charge in [-0.05, 0) is 19.1 Å². The standard InChI is InChI=1S/C10H8F3N3/c1-6-5-15-9(16-6)8-7(10(11,12)13)3-2-4-14-8/h2-5H,1H3,(H,15,16). The number of aromatic nitrogens is 3. The molecule has 3 nitrogen and oxygen atoms in total. The summed E-state index contributed by atoms with van der Waals surface area (Å²) in [5.41, 5.74) is -0.277. The van der Waals surface area contributed by atoms with Crippen LogP contribution in [0.4, 0.5) is 13.2 Å². The Morgan fingerprint density at radius 1 is 1.25 bits per heavy atom. The van der Waals surface area contributed by atoms with E-state index >= 15 is 0 Å². The van der Waals surface area contributed by atoms with E-state index in [-0.39, 0.29) is 11.5 Å². The highest BCUT2D eigenvalue weighted by atomic mass is 19.4. The van der Waals surface area contributed by atoms with Crippen molar-refractivity contribution >= 4 is 0 Å². The van der Waals surface area contributed by atoms with Gasteiger partial charge in [0.2, 0.25) is 0 Å². The van der Waals surface area contributed by atoms with E-state index in [9.17, 15) is 13.2 Å². The molecular formula is C10H8F3N3. The Hall–Kier alpha value is -1.85. The van der Waals surface area contributed by atoms with E-state index in [0.717, 1.165) is 6.07 Å². The number of rotatable bonds is 1. The van der Waals surface area contributed by atoms with E-state index in [1.54, 1.807) is 6.92 Å². The number of nitrogens with one attached hydrogen (secondary N) is 1. The summed E-state index contributed by atoms with van der Waals surface area (Å²) in [5.74, 6) is 0.130. The van der Waals surface area contributed by atoms with Crippen molar-refractivity contribution in [2.24, 2.45) is 0 Å². The number of H-pyrrole nitrogens is 1. The van der Waals surface area contributed by atoms with Crippen LogP contribution >= 0.6 is 0 Å². The summed E-state index contributed by atoms with van der Waals surface area (Å²) in [7, 11) is 0. The molecule has 0 spiro atoms. The summed E-state index contributed by atoms with van der Waals surface area (Å²) in [6, 6.07) is 2.24. The second-order valence-corrected chi connectivity index (χ2v) is 3.31. The molecule has 0 aliphatic carbocycles. The molecule has 0 fully saturated rings. The molecule has 0 aliphatic heterocycles. The van der Waals surface area contributed by atoms with Crippen molar-refractivity contribution < 1.29 is 13.2 Å². The summed E-state index contributed by atoms with van der Waals surface area (Å²) in [4.78, 5) is 10.3. The molecule has 2 aromatic heterocycles. The summed E-state index contributed by atoms with van der Waals surface area (Å²) < 4.78 is 38.0.